The number of amides is 2. The van der Waals surface area contributed by atoms with Gasteiger partial charge in [-0.3, -0.25) is 19.6 Å². The van der Waals surface area contributed by atoms with Crippen molar-refractivity contribution < 1.29 is 36.6 Å². The zero-order chi connectivity index (χ0) is 29.5. The van der Waals surface area contributed by atoms with Crippen molar-refractivity contribution in [2.75, 3.05) is 11.4 Å². The number of carbonyl (C=O) groups is 2. The molecule has 41 heavy (non-hydrogen) atoms. The minimum atomic E-state index is -4.66. The number of anilines is 1. The van der Waals surface area contributed by atoms with Crippen LogP contribution in [-0.2, 0) is 16.6 Å². The number of aliphatic hydroxyl groups is 1. The maximum atomic E-state index is 14.2. The number of alkyl halides is 6. The van der Waals surface area contributed by atoms with Crippen LogP contribution < -0.4 is 10.2 Å². The Labute approximate surface area is 236 Å². The van der Waals surface area contributed by atoms with Gasteiger partial charge in [0.05, 0.1) is 22.5 Å². The first-order valence-corrected chi connectivity index (χ1v) is 13.2. The van der Waals surface area contributed by atoms with Crippen molar-refractivity contribution in [3.63, 3.8) is 0 Å². The number of pyridine rings is 2. The van der Waals surface area contributed by atoms with Gasteiger partial charge in [-0.15, -0.1) is 11.6 Å². The normalized spacial score (nSPS) is 26.2. The van der Waals surface area contributed by atoms with Crippen LogP contribution in [0.25, 0.3) is 0 Å². The summed E-state index contributed by atoms with van der Waals surface area (Å²) in [6.45, 7) is -0.139. The van der Waals surface area contributed by atoms with E-state index in [9.17, 15) is 36.6 Å². The highest BCUT2D eigenvalue weighted by Crippen LogP contribution is 2.46. The number of hydrogen-bond donors (Lipinski definition) is 2. The van der Waals surface area contributed by atoms with E-state index in [1.807, 2.05) is 0 Å². The number of carbonyl (C=O) groups excluding carboxylic acids is 2. The van der Waals surface area contributed by atoms with Crippen LogP contribution >= 0.6 is 11.6 Å². The first-order chi connectivity index (χ1) is 19.4. The fourth-order valence-corrected chi connectivity index (χ4v) is 5.90. The van der Waals surface area contributed by atoms with Crippen molar-refractivity contribution in [1.82, 2.24) is 15.3 Å². The number of para-hydroxylation sites is 1. The van der Waals surface area contributed by atoms with E-state index in [-0.39, 0.29) is 41.9 Å². The van der Waals surface area contributed by atoms with E-state index in [0.717, 1.165) is 12.1 Å². The summed E-state index contributed by atoms with van der Waals surface area (Å²) >= 11 is 6.65. The lowest BCUT2D eigenvalue weighted by atomic mass is 9.77. The monoisotopic (exact) mass is 594 g/mol. The summed E-state index contributed by atoms with van der Waals surface area (Å²) in [4.78, 5) is 35.1. The van der Waals surface area contributed by atoms with Gasteiger partial charge in [-0.1, -0.05) is 18.2 Å². The number of fused-ring (bicyclic) bond motifs is 1. The maximum absolute atomic E-state index is 14.2. The SMILES string of the molecule is O=C(N[C@@H]1C[C@@H](Cl)[C@@H](CN2C(=O)[C@](O)(c3ccc(C(F)(F)F)cn3)c3ccccc32)C[C@H]1C(F)F)c1cccnc1. The molecule has 0 radical (unpaired) electrons. The smallest absolute Gasteiger partial charge is 0.370 e. The lowest BCUT2D eigenvalue weighted by molar-refractivity contribution is -0.137. The van der Waals surface area contributed by atoms with Crippen molar-refractivity contribution in [3.8, 4) is 0 Å². The Balaban J connectivity index is 1.38. The van der Waals surface area contributed by atoms with Crippen LogP contribution in [0, 0.1) is 11.8 Å². The number of hydrogen-bond acceptors (Lipinski definition) is 5. The van der Waals surface area contributed by atoms with Gasteiger partial charge < -0.3 is 15.3 Å². The number of nitrogens with one attached hydrogen (secondary N) is 1. The molecule has 1 aliphatic heterocycles. The molecule has 0 unspecified atom stereocenters. The summed E-state index contributed by atoms with van der Waals surface area (Å²) in [5, 5.41) is 13.5. The van der Waals surface area contributed by atoms with E-state index in [1.165, 1.54) is 29.4 Å². The summed E-state index contributed by atoms with van der Waals surface area (Å²) in [6, 6.07) is 9.95. The average Bonchev–Trinajstić information content (AvgIpc) is 3.17. The Morgan fingerprint density at radius 2 is 1.88 bits per heavy atom. The molecule has 5 rings (SSSR count). The van der Waals surface area contributed by atoms with E-state index in [1.54, 1.807) is 24.3 Å². The Kier molecular flexibility index (Phi) is 7.73. The topological polar surface area (TPSA) is 95.4 Å². The molecule has 2 amide bonds. The molecule has 216 valence electrons. The first-order valence-electron chi connectivity index (χ1n) is 12.7. The Bertz CT molecular complexity index is 1430. The van der Waals surface area contributed by atoms with Gasteiger partial charge >= 0.3 is 6.18 Å². The Morgan fingerprint density at radius 1 is 1.12 bits per heavy atom. The molecule has 2 aromatic heterocycles. The van der Waals surface area contributed by atoms with Crippen molar-refractivity contribution in [3.05, 3.63) is 89.5 Å². The van der Waals surface area contributed by atoms with Crippen LogP contribution in [0.4, 0.5) is 27.6 Å². The second-order valence-corrected chi connectivity index (χ2v) is 10.7. The van der Waals surface area contributed by atoms with E-state index in [4.69, 9.17) is 11.6 Å². The lowest BCUT2D eigenvalue weighted by Crippen LogP contribution is -2.52. The molecule has 1 fully saturated rings. The largest absolute Gasteiger partial charge is 0.417 e. The predicted molar refractivity (Wildman–Crippen MR) is 138 cm³/mol. The molecule has 7 nitrogen and oxygen atoms in total. The standard InChI is InChI=1S/C28H24ClF5N4O3/c29-20-11-21(37-25(39)15-4-3-9-35-12-15)18(24(30)31)10-16(20)14-38-22-6-2-1-5-19(22)27(41,26(38)40)23-8-7-17(13-36-23)28(32,33)34/h1-9,12-13,16,18,20-21,24,41H,10-11,14H2,(H,37,39)/t16-,18-,20-,21-,27-/m1/s1. The van der Waals surface area contributed by atoms with Gasteiger partial charge in [0.2, 0.25) is 12.0 Å². The number of aromatic nitrogens is 2. The summed E-state index contributed by atoms with van der Waals surface area (Å²) < 4.78 is 67.6. The molecule has 0 bridgehead atoms. The molecule has 0 saturated heterocycles. The fraction of sp³-hybridized carbons (Fsp3) is 0.357. The lowest BCUT2D eigenvalue weighted by Gasteiger charge is -2.40. The minimum absolute atomic E-state index is 0.00162. The summed E-state index contributed by atoms with van der Waals surface area (Å²) in [7, 11) is 0. The third kappa shape index (κ3) is 5.38. The van der Waals surface area contributed by atoms with Gasteiger partial charge in [-0.25, -0.2) is 8.78 Å². The van der Waals surface area contributed by atoms with E-state index < -0.39 is 58.8 Å². The Morgan fingerprint density at radius 3 is 2.51 bits per heavy atom. The first kappa shape index (κ1) is 28.9. The third-order valence-electron chi connectivity index (χ3n) is 7.66. The van der Waals surface area contributed by atoms with Crippen LogP contribution in [0.2, 0.25) is 0 Å². The van der Waals surface area contributed by atoms with Gasteiger partial charge in [0.1, 0.15) is 0 Å². The van der Waals surface area contributed by atoms with Crippen LogP contribution in [-0.4, -0.2) is 51.3 Å². The van der Waals surface area contributed by atoms with Crippen LogP contribution in [0.3, 0.4) is 0 Å². The molecule has 2 aliphatic rings. The molecule has 1 aromatic carbocycles. The van der Waals surface area contributed by atoms with Gasteiger partial charge in [0.15, 0.2) is 0 Å². The number of benzene rings is 1. The van der Waals surface area contributed by atoms with Crippen molar-refractivity contribution in [1.29, 1.82) is 0 Å². The molecule has 1 aliphatic carbocycles. The number of rotatable bonds is 6. The second kappa shape index (κ2) is 11.0. The second-order valence-electron chi connectivity index (χ2n) is 10.1. The van der Waals surface area contributed by atoms with Crippen LogP contribution in [0.1, 0.15) is 40.0 Å². The highest BCUT2D eigenvalue weighted by molar-refractivity contribution is 6.21. The highest BCUT2D eigenvalue weighted by Gasteiger charge is 2.53. The maximum Gasteiger partial charge on any atom is 0.417 e. The minimum Gasteiger partial charge on any atom is -0.370 e. The van der Waals surface area contributed by atoms with E-state index in [2.05, 4.69) is 15.3 Å². The Hall–Kier alpha value is -3.64. The molecule has 3 aromatic rings. The summed E-state index contributed by atoms with van der Waals surface area (Å²) in [5.74, 6) is -3.36. The quantitative estimate of drug-likeness (QED) is 0.317. The molecule has 3 heterocycles. The average molecular weight is 595 g/mol. The van der Waals surface area contributed by atoms with Crippen molar-refractivity contribution in [2.45, 2.75) is 42.5 Å². The molecular weight excluding hydrogens is 571 g/mol. The third-order valence-corrected chi connectivity index (χ3v) is 8.20. The molecule has 0 spiro atoms. The summed E-state index contributed by atoms with van der Waals surface area (Å²) in [6.07, 6.45) is -4.26. The molecular formula is C28H24ClF5N4O3. The van der Waals surface area contributed by atoms with Gasteiger partial charge in [0.25, 0.3) is 11.8 Å². The summed E-state index contributed by atoms with van der Waals surface area (Å²) in [5.41, 5.74) is -3.16. The highest BCUT2D eigenvalue weighted by atomic mass is 35.5. The number of halogens is 6. The number of nitrogens with zero attached hydrogens (tertiary/aromatic N) is 3. The van der Waals surface area contributed by atoms with E-state index >= 15 is 0 Å². The van der Waals surface area contributed by atoms with Crippen LogP contribution in [0.5, 0.6) is 0 Å². The molecule has 5 atom stereocenters. The zero-order valence-electron chi connectivity index (χ0n) is 21.2. The van der Waals surface area contributed by atoms with Crippen molar-refractivity contribution in [2.24, 2.45) is 11.8 Å². The van der Waals surface area contributed by atoms with Gasteiger partial charge in [0, 0.05) is 48.0 Å². The van der Waals surface area contributed by atoms with Gasteiger partial charge in [-0.2, -0.15) is 13.2 Å². The molecule has 2 N–H and O–H groups in total. The molecule has 13 heteroatoms. The van der Waals surface area contributed by atoms with Crippen molar-refractivity contribution >= 4 is 29.1 Å². The van der Waals surface area contributed by atoms with Gasteiger partial charge in [-0.05, 0) is 49.1 Å². The van der Waals surface area contributed by atoms with E-state index in [0.29, 0.717) is 6.20 Å². The fourth-order valence-electron chi connectivity index (χ4n) is 5.53. The van der Waals surface area contributed by atoms with Crippen LogP contribution in [0.15, 0.2) is 67.1 Å². The molecule has 1 saturated carbocycles. The zero-order valence-corrected chi connectivity index (χ0v) is 22.0. The predicted octanol–water partition coefficient (Wildman–Crippen LogP) is 4.78.